The van der Waals surface area contributed by atoms with Crippen LogP contribution in [-0.2, 0) is 4.79 Å². The summed E-state index contributed by atoms with van der Waals surface area (Å²) < 4.78 is 0. The van der Waals surface area contributed by atoms with Crippen molar-refractivity contribution in [3.63, 3.8) is 0 Å². The van der Waals surface area contributed by atoms with Crippen LogP contribution >= 0.6 is 0 Å². The fraction of sp³-hybridized carbons (Fsp3) is 0.167. The number of nitrogens with zero attached hydrogens (tertiary/aromatic N) is 1. The maximum absolute atomic E-state index is 11.5. The summed E-state index contributed by atoms with van der Waals surface area (Å²) in [5, 5.41) is 12.0. The van der Waals surface area contributed by atoms with E-state index in [4.69, 9.17) is 5.21 Å². The Morgan fingerprint density at radius 3 is 2.73 bits per heavy atom. The van der Waals surface area contributed by atoms with Crippen molar-refractivity contribution < 1.29 is 10.0 Å². The third-order valence-corrected chi connectivity index (χ3v) is 2.56. The van der Waals surface area contributed by atoms with Gasteiger partial charge in [0, 0.05) is 0 Å². The van der Waals surface area contributed by atoms with Gasteiger partial charge in [-0.1, -0.05) is 35.5 Å². The highest BCUT2D eigenvalue weighted by atomic mass is 16.4. The Morgan fingerprint density at radius 2 is 2.07 bits per heavy atom. The van der Waals surface area contributed by atoms with Crippen molar-refractivity contribution in [1.82, 2.24) is 0 Å². The second kappa shape index (κ2) is 3.69. The SMILES string of the molecule is CC(=O)C1/C(=N\O)C=Cc2ccccc21. The molecule has 76 valence electrons. The summed E-state index contributed by atoms with van der Waals surface area (Å²) in [4.78, 5) is 11.5. The molecule has 0 saturated carbocycles. The Hall–Kier alpha value is -1.90. The Balaban J connectivity index is 2.59. The Labute approximate surface area is 87.7 Å². The average molecular weight is 201 g/mol. The number of allylic oxidation sites excluding steroid dienone is 1. The van der Waals surface area contributed by atoms with Gasteiger partial charge in [0.2, 0.25) is 0 Å². The number of carbonyl (C=O) groups is 1. The summed E-state index contributed by atoms with van der Waals surface area (Å²) >= 11 is 0. The summed E-state index contributed by atoms with van der Waals surface area (Å²) in [6.07, 6.45) is 3.53. The van der Waals surface area contributed by atoms with E-state index < -0.39 is 5.92 Å². The third-order valence-electron chi connectivity index (χ3n) is 2.56. The van der Waals surface area contributed by atoms with Gasteiger partial charge in [0.25, 0.3) is 0 Å². The number of ketones is 1. The number of hydrogen-bond donors (Lipinski definition) is 1. The molecule has 0 aromatic heterocycles. The molecule has 0 amide bonds. The fourth-order valence-electron chi connectivity index (χ4n) is 1.87. The summed E-state index contributed by atoms with van der Waals surface area (Å²) in [7, 11) is 0. The van der Waals surface area contributed by atoms with Crippen LogP contribution in [0.4, 0.5) is 0 Å². The summed E-state index contributed by atoms with van der Waals surface area (Å²) in [6, 6.07) is 7.62. The molecule has 1 aromatic carbocycles. The molecule has 0 radical (unpaired) electrons. The van der Waals surface area contributed by atoms with Crippen LogP contribution in [0.15, 0.2) is 35.5 Å². The topological polar surface area (TPSA) is 49.7 Å². The first-order valence-electron chi connectivity index (χ1n) is 4.73. The molecule has 0 aliphatic heterocycles. The zero-order valence-corrected chi connectivity index (χ0v) is 8.34. The lowest BCUT2D eigenvalue weighted by Gasteiger charge is -2.19. The molecule has 0 heterocycles. The first kappa shape index (κ1) is 9.65. The van der Waals surface area contributed by atoms with Crippen molar-refractivity contribution in [2.24, 2.45) is 5.16 Å². The maximum Gasteiger partial charge on any atom is 0.143 e. The monoisotopic (exact) mass is 201 g/mol. The summed E-state index contributed by atoms with van der Waals surface area (Å²) in [6.45, 7) is 1.51. The number of hydrogen-bond acceptors (Lipinski definition) is 3. The third kappa shape index (κ3) is 1.56. The molecule has 3 nitrogen and oxygen atoms in total. The van der Waals surface area contributed by atoms with Gasteiger partial charge in [-0.2, -0.15) is 0 Å². The molecule has 2 rings (SSSR count). The second-order valence-corrected chi connectivity index (χ2v) is 3.53. The average Bonchev–Trinajstić information content (AvgIpc) is 2.27. The van der Waals surface area contributed by atoms with Crippen LogP contribution in [0.25, 0.3) is 6.08 Å². The number of oxime groups is 1. The summed E-state index contributed by atoms with van der Waals surface area (Å²) in [5.41, 5.74) is 2.31. The zero-order valence-electron chi connectivity index (χ0n) is 8.34. The van der Waals surface area contributed by atoms with Gasteiger partial charge in [-0.05, 0) is 24.1 Å². The number of benzene rings is 1. The summed E-state index contributed by atoms with van der Waals surface area (Å²) in [5.74, 6) is -0.448. The molecule has 15 heavy (non-hydrogen) atoms. The molecule has 1 aliphatic carbocycles. The van der Waals surface area contributed by atoms with Crippen molar-refractivity contribution in [2.45, 2.75) is 12.8 Å². The van der Waals surface area contributed by atoms with Gasteiger partial charge < -0.3 is 5.21 Å². The molecule has 1 N–H and O–H groups in total. The van der Waals surface area contributed by atoms with Crippen LogP contribution in [-0.4, -0.2) is 16.7 Å². The van der Waals surface area contributed by atoms with Crippen LogP contribution in [0.5, 0.6) is 0 Å². The first-order chi connectivity index (χ1) is 7.24. The first-order valence-corrected chi connectivity index (χ1v) is 4.73. The molecule has 0 bridgehead atoms. The van der Waals surface area contributed by atoms with Crippen molar-refractivity contribution in [2.75, 3.05) is 0 Å². The molecular weight excluding hydrogens is 190 g/mol. The second-order valence-electron chi connectivity index (χ2n) is 3.53. The molecule has 3 heteroatoms. The number of fused-ring (bicyclic) bond motifs is 1. The van der Waals surface area contributed by atoms with E-state index in [1.54, 1.807) is 6.08 Å². The van der Waals surface area contributed by atoms with Crippen LogP contribution in [0.3, 0.4) is 0 Å². The van der Waals surface area contributed by atoms with Gasteiger partial charge in [-0.15, -0.1) is 0 Å². The van der Waals surface area contributed by atoms with Gasteiger partial charge in [-0.3, -0.25) is 4.79 Å². The van der Waals surface area contributed by atoms with E-state index in [9.17, 15) is 4.79 Å². The molecule has 0 spiro atoms. The van der Waals surface area contributed by atoms with Gasteiger partial charge >= 0.3 is 0 Å². The molecule has 0 fully saturated rings. The van der Waals surface area contributed by atoms with Gasteiger partial charge in [0.05, 0.1) is 11.6 Å². The lowest BCUT2D eigenvalue weighted by molar-refractivity contribution is -0.117. The van der Waals surface area contributed by atoms with E-state index in [0.717, 1.165) is 11.1 Å². The molecule has 1 aromatic rings. The van der Waals surface area contributed by atoms with Gasteiger partial charge in [0.15, 0.2) is 0 Å². The minimum atomic E-state index is -0.434. The van der Waals surface area contributed by atoms with Crippen LogP contribution in [0.2, 0.25) is 0 Å². The van der Waals surface area contributed by atoms with Crippen molar-refractivity contribution in [1.29, 1.82) is 0 Å². The minimum Gasteiger partial charge on any atom is -0.411 e. The Kier molecular flexibility index (Phi) is 2.37. The van der Waals surface area contributed by atoms with Crippen molar-refractivity contribution >= 4 is 17.6 Å². The predicted molar refractivity (Wildman–Crippen MR) is 58.1 cm³/mol. The fourth-order valence-corrected chi connectivity index (χ4v) is 1.87. The lowest BCUT2D eigenvalue weighted by Crippen LogP contribution is -2.21. The number of carbonyl (C=O) groups excluding carboxylic acids is 1. The molecule has 0 saturated heterocycles. The van der Waals surface area contributed by atoms with E-state index in [2.05, 4.69) is 5.16 Å². The van der Waals surface area contributed by atoms with Gasteiger partial charge in [0.1, 0.15) is 5.78 Å². The smallest absolute Gasteiger partial charge is 0.143 e. The Morgan fingerprint density at radius 1 is 1.33 bits per heavy atom. The largest absolute Gasteiger partial charge is 0.411 e. The lowest BCUT2D eigenvalue weighted by atomic mass is 9.83. The molecule has 1 aliphatic rings. The van der Waals surface area contributed by atoms with Gasteiger partial charge in [-0.25, -0.2) is 0 Å². The highest BCUT2D eigenvalue weighted by Gasteiger charge is 2.26. The number of rotatable bonds is 1. The van der Waals surface area contributed by atoms with E-state index in [1.807, 2.05) is 30.3 Å². The van der Waals surface area contributed by atoms with Crippen LogP contribution < -0.4 is 0 Å². The normalized spacial score (nSPS) is 21.4. The van der Waals surface area contributed by atoms with E-state index in [-0.39, 0.29) is 5.78 Å². The quantitative estimate of drug-likeness (QED) is 0.559. The van der Waals surface area contributed by atoms with Crippen molar-refractivity contribution in [3.05, 3.63) is 41.5 Å². The minimum absolute atomic E-state index is 0.0143. The predicted octanol–water partition coefficient (Wildman–Crippen LogP) is 2.22. The molecule has 1 atom stereocenters. The van der Waals surface area contributed by atoms with Crippen molar-refractivity contribution in [3.8, 4) is 0 Å². The van der Waals surface area contributed by atoms with E-state index in [0.29, 0.717) is 5.71 Å². The molecular formula is C12H11NO2. The van der Waals surface area contributed by atoms with Crippen LogP contribution in [0.1, 0.15) is 24.0 Å². The molecule has 1 unspecified atom stereocenters. The Bertz CT molecular complexity index is 460. The number of Topliss-reactive ketones (excluding diaryl/α,β-unsaturated/α-hetero) is 1. The highest BCUT2D eigenvalue weighted by Crippen LogP contribution is 2.28. The highest BCUT2D eigenvalue weighted by molar-refractivity contribution is 6.17. The van der Waals surface area contributed by atoms with E-state index in [1.165, 1.54) is 6.92 Å². The standard InChI is InChI=1S/C12H11NO2/c1-8(14)12-10-5-3-2-4-9(10)6-7-11(12)13-15/h2-7,12,15H,1H3/b13-11-. The van der Waals surface area contributed by atoms with Crippen LogP contribution in [0, 0.1) is 0 Å². The zero-order chi connectivity index (χ0) is 10.8. The van der Waals surface area contributed by atoms with E-state index >= 15 is 0 Å². The maximum atomic E-state index is 11.5.